The van der Waals surface area contributed by atoms with Crippen molar-refractivity contribution in [1.29, 1.82) is 0 Å². The highest BCUT2D eigenvalue weighted by Crippen LogP contribution is 2.60. The number of hydrogen-bond acceptors (Lipinski definition) is 1. The Labute approximate surface area is 213 Å². The number of anilines is 1. The Morgan fingerprint density at radius 2 is 0.778 bits per heavy atom. The van der Waals surface area contributed by atoms with Crippen LogP contribution in [0.2, 0.25) is 0 Å². The molecule has 0 aromatic heterocycles. The van der Waals surface area contributed by atoms with Crippen LogP contribution in [0.5, 0.6) is 0 Å². The molecule has 0 amide bonds. The SMILES string of the molecule is CN(C)c1ccccc1C(C1c2ccccc2-c2ccccc21)C1c2ccccc2-c2ccccc21. The molecule has 0 aliphatic heterocycles. The first-order valence-corrected chi connectivity index (χ1v) is 12.9. The first-order valence-electron chi connectivity index (χ1n) is 12.9. The van der Waals surface area contributed by atoms with Gasteiger partial charge in [0.05, 0.1) is 0 Å². The zero-order chi connectivity index (χ0) is 24.2. The number of fused-ring (bicyclic) bond motifs is 6. The first-order chi connectivity index (χ1) is 17.7. The second kappa shape index (κ2) is 8.24. The lowest BCUT2D eigenvalue weighted by atomic mass is 9.69. The molecule has 0 heterocycles. The Balaban J connectivity index is 1.56. The fraction of sp³-hybridized carbons (Fsp3) is 0.143. The molecule has 0 fully saturated rings. The van der Waals surface area contributed by atoms with Gasteiger partial charge in [-0.3, -0.25) is 0 Å². The van der Waals surface area contributed by atoms with Gasteiger partial charge in [-0.25, -0.2) is 0 Å². The van der Waals surface area contributed by atoms with Gasteiger partial charge >= 0.3 is 0 Å². The average Bonchev–Trinajstić information content (AvgIpc) is 3.43. The normalized spacial score (nSPS) is 13.9. The predicted molar refractivity (Wildman–Crippen MR) is 151 cm³/mol. The van der Waals surface area contributed by atoms with E-state index in [1.807, 2.05) is 0 Å². The van der Waals surface area contributed by atoms with E-state index in [1.165, 1.54) is 55.8 Å². The Bertz CT molecular complexity index is 1410. The molecule has 5 aromatic rings. The molecule has 0 bridgehead atoms. The molecule has 0 atom stereocenters. The van der Waals surface area contributed by atoms with Crippen molar-refractivity contribution < 1.29 is 0 Å². The van der Waals surface area contributed by atoms with Gasteiger partial charge in [0.25, 0.3) is 0 Å². The Kier molecular flexibility index (Phi) is 4.85. The summed E-state index contributed by atoms with van der Waals surface area (Å²) >= 11 is 0. The van der Waals surface area contributed by atoms with Crippen LogP contribution in [-0.4, -0.2) is 14.1 Å². The molecule has 1 heteroatoms. The molecule has 0 saturated carbocycles. The molecule has 0 spiro atoms. The molecular formula is C35H29N. The van der Waals surface area contributed by atoms with E-state index in [0.29, 0.717) is 0 Å². The molecule has 2 aliphatic rings. The van der Waals surface area contributed by atoms with Crippen molar-refractivity contribution in [1.82, 2.24) is 0 Å². The lowest BCUT2D eigenvalue weighted by Crippen LogP contribution is -2.22. The number of nitrogens with zero attached hydrogens (tertiary/aromatic N) is 1. The van der Waals surface area contributed by atoms with Gasteiger partial charge in [0.2, 0.25) is 0 Å². The van der Waals surface area contributed by atoms with E-state index in [2.05, 4.69) is 140 Å². The van der Waals surface area contributed by atoms with Crippen molar-refractivity contribution in [3.63, 3.8) is 0 Å². The summed E-state index contributed by atoms with van der Waals surface area (Å²) in [5.74, 6) is 0.781. The highest BCUT2D eigenvalue weighted by atomic mass is 15.1. The second-order valence-electron chi connectivity index (χ2n) is 10.3. The van der Waals surface area contributed by atoms with Crippen molar-refractivity contribution >= 4 is 5.69 Å². The van der Waals surface area contributed by atoms with Crippen LogP contribution in [0.3, 0.4) is 0 Å². The van der Waals surface area contributed by atoms with Crippen molar-refractivity contribution in [3.05, 3.63) is 149 Å². The van der Waals surface area contributed by atoms with Crippen LogP contribution in [0.25, 0.3) is 22.3 Å². The minimum atomic E-state index is 0.248. The number of para-hydroxylation sites is 1. The van der Waals surface area contributed by atoms with E-state index in [1.54, 1.807) is 0 Å². The zero-order valence-electron chi connectivity index (χ0n) is 20.7. The summed E-state index contributed by atoms with van der Waals surface area (Å²) in [6, 6.07) is 45.3. The number of hydrogen-bond donors (Lipinski definition) is 0. The zero-order valence-corrected chi connectivity index (χ0v) is 20.7. The van der Waals surface area contributed by atoms with E-state index in [-0.39, 0.29) is 17.8 Å². The van der Waals surface area contributed by atoms with E-state index in [0.717, 1.165) is 0 Å². The van der Waals surface area contributed by atoms with Crippen LogP contribution in [0.15, 0.2) is 121 Å². The molecule has 2 aliphatic carbocycles. The summed E-state index contributed by atoms with van der Waals surface area (Å²) in [6.07, 6.45) is 0. The van der Waals surface area contributed by atoms with Crippen molar-refractivity contribution in [2.24, 2.45) is 0 Å². The summed E-state index contributed by atoms with van der Waals surface area (Å²) in [6.45, 7) is 0. The first kappa shape index (κ1) is 21.2. The van der Waals surface area contributed by atoms with Crippen molar-refractivity contribution in [2.45, 2.75) is 17.8 Å². The Hall–Kier alpha value is -4.10. The summed E-state index contributed by atoms with van der Waals surface area (Å²) < 4.78 is 0. The van der Waals surface area contributed by atoms with E-state index in [4.69, 9.17) is 0 Å². The van der Waals surface area contributed by atoms with Crippen LogP contribution in [-0.2, 0) is 0 Å². The molecule has 0 unspecified atom stereocenters. The van der Waals surface area contributed by atoms with Gasteiger partial charge in [0.1, 0.15) is 0 Å². The maximum absolute atomic E-state index is 2.37. The van der Waals surface area contributed by atoms with E-state index < -0.39 is 0 Å². The second-order valence-corrected chi connectivity index (χ2v) is 10.3. The molecule has 36 heavy (non-hydrogen) atoms. The van der Waals surface area contributed by atoms with Crippen LogP contribution in [0, 0.1) is 0 Å². The minimum absolute atomic E-state index is 0.248. The van der Waals surface area contributed by atoms with Gasteiger partial charge in [-0.05, 0) is 56.1 Å². The summed E-state index contributed by atoms with van der Waals surface area (Å²) in [4.78, 5) is 2.28. The van der Waals surface area contributed by atoms with Crippen LogP contribution >= 0.6 is 0 Å². The maximum Gasteiger partial charge on any atom is 0.0397 e. The predicted octanol–water partition coefficient (Wildman–Crippen LogP) is 8.46. The molecule has 0 saturated heterocycles. The molecule has 174 valence electrons. The Morgan fingerprint density at radius 3 is 1.17 bits per heavy atom. The molecule has 0 N–H and O–H groups in total. The molecule has 1 nitrogen and oxygen atoms in total. The fourth-order valence-corrected chi connectivity index (χ4v) is 6.89. The third-order valence-corrected chi connectivity index (χ3v) is 8.26. The summed E-state index contributed by atoms with van der Waals surface area (Å²) in [5, 5.41) is 0. The maximum atomic E-state index is 2.37. The largest absolute Gasteiger partial charge is 0.377 e. The highest BCUT2D eigenvalue weighted by Gasteiger charge is 2.44. The average molecular weight is 464 g/mol. The number of rotatable bonds is 4. The molecule has 7 rings (SSSR count). The lowest BCUT2D eigenvalue weighted by molar-refractivity contribution is 0.554. The molecular weight excluding hydrogens is 434 g/mol. The third kappa shape index (κ3) is 3.02. The smallest absolute Gasteiger partial charge is 0.0397 e. The Morgan fingerprint density at radius 1 is 0.444 bits per heavy atom. The van der Waals surface area contributed by atoms with Crippen LogP contribution < -0.4 is 4.90 Å². The van der Waals surface area contributed by atoms with Crippen molar-refractivity contribution in [3.8, 4) is 22.3 Å². The van der Waals surface area contributed by atoms with Gasteiger partial charge in [0, 0.05) is 37.5 Å². The minimum Gasteiger partial charge on any atom is -0.377 e. The monoisotopic (exact) mass is 463 g/mol. The van der Waals surface area contributed by atoms with Gasteiger partial charge in [-0.1, -0.05) is 115 Å². The van der Waals surface area contributed by atoms with Crippen molar-refractivity contribution in [2.75, 3.05) is 19.0 Å². The summed E-state index contributed by atoms with van der Waals surface area (Å²) in [5.41, 5.74) is 14.0. The van der Waals surface area contributed by atoms with Gasteiger partial charge in [-0.2, -0.15) is 0 Å². The van der Waals surface area contributed by atoms with Gasteiger partial charge < -0.3 is 4.90 Å². The van der Waals surface area contributed by atoms with Gasteiger partial charge in [0.15, 0.2) is 0 Å². The van der Waals surface area contributed by atoms with E-state index >= 15 is 0 Å². The molecule has 0 radical (unpaired) electrons. The standard InChI is InChI=1S/C35H29N/c1-36(2)32-22-12-11-21-31(32)35(33-27-17-7-3-13-23(27)24-14-4-8-18-28(24)33)34-29-19-9-5-15-25(29)26-16-6-10-20-30(26)34/h3-22,33-35H,1-2H3. The fourth-order valence-electron chi connectivity index (χ4n) is 6.89. The third-order valence-electron chi connectivity index (χ3n) is 8.26. The highest BCUT2D eigenvalue weighted by molar-refractivity contribution is 5.83. The van der Waals surface area contributed by atoms with Gasteiger partial charge in [-0.15, -0.1) is 0 Å². The topological polar surface area (TPSA) is 3.24 Å². The van der Waals surface area contributed by atoms with E-state index in [9.17, 15) is 0 Å². The van der Waals surface area contributed by atoms with Crippen LogP contribution in [0.4, 0.5) is 5.69 Å². The quantitative estimate of drug-likeness (QED) is 0.258. The molecule has 5 aromatic carbocycles. The summed E-state index contributed by atoms with van der Waals surface area (Å²) in [7, 11) is 4.34. The van der Waals surface area contributed by atoms with Crippen LogP contribution in [0.1, 0.15) is 45.6 Å². The lowest BCUT2D eigenvalue weighted by Gasteiger charge is -2.35. The number of benzene rings is 5.